The molecule has 1 heterocycles. The summed E-state index contributed by atoms with van der Waals surface area (Å²) in [5.74, 6) is 0.571. The highest BCUT2D eigenvalue weighted by Crippen LogP contribution is 2.35. The van der Waals surface area contributed by atoms with Gasteiger partial charge >= 0.3 is 0 Å². The number of hydrogen-bond donors (Lipinski definition) is 1. The van der Waals surface area contributed by atoms with Crippen LogP contribution in [0.4, 0.5) is 5.69 Å². The number of nitrogens with zero attached hydrogens (tertiary/aromatic N) is 1. The van der Waals surface area contributed by atoms with Gasteiger partial charge in [-0.1, -0.05) is 43.3 Å². The lowest BCUT2D eigenvalue weighted by atomic mass is 9.95. The number of anilines is 1. The predicted molar refractivity (Wildman–Crippen MR) is 89.6 cm³/mol. The Bertz CT molecular complexity index is 841. The Balaban J connectivity index is 2.11. The number of rotatable bonds is 1. The third kappa shape index (κ3) is 1.87. The molecule has 1 unspecified atom stereocenters. The van der Waals surface area contributed by atoms with Gasteiger partial charge < -0.3 is 10.3 Å². The molecule has 3 aromatic rings. The smallest absolute Gasteiger partial charge is 0.0558 e. The van der Waals surface area contributed by atoms with Gasteiger partial charge in [-0.25, -0.2) is 0 Å². The van der Waals surface area contributed by atoms with Gasteiger partial charge in [-0.05, 0) is 36.6 Å². The summed E-state index contributed by atoms with van der Waals surface area (Å²) in [6, 6.07) is 16.8. The summed E-state index contributed by atoms with van der Waals surface area (Å²) in [6.07, 6.45) is 5.63. The molecule has 1 aromatic heterocycles. The largest absolute Gasteiger partial charge is 0.399 e. The number of allylic oxidation sites excluding steroid dienone is 1. The van der Waals surface area contributed by atoms with Crippen molar-refractivity contribution in [2.24, 2.45) is 5.92 Å². The van der Waals surface area contributed by atoms with E-state index in [4.69, 9.17) is 5.73 Å². The fourth-order valence-corrected chi connectivity index (χ4v) is 3.28. The topological polar surface area (TPSA) is 30.9 Å². The number of benzene rings is 2. The van der Waals surface area contributed by atoms with Crippen molar-refractivity contribution in [3.8, 4) is 5.69 Å². The lowest BCUT2D eigenvalue weighted by Gasteiger charge is -2.17. The number of hydrogen-bond acceptors (Lipinski definition) is 1. The molecule has 1 aliphatic carbocycles. The van der Waals surface area contributed by atoms with Crippen molar-refractivity contribution < 1.29 is 0 Å². The van der Waals surface area contributed by atoms with Crippen LogP contribution >= 0.6 is 0 Å². The first kappa shape index (κ1) is 12.3. The van der Waals surface area contributed by atoms with Gasteiger partial charge in [-0.3, -0.25) is 0 Å². The number of para-hydroxylation sites is 1. The van der Waals surface area contributed by atoms with E-state index in [9.17, 15) is 0 Å². The molecule has 0 fully saturated rings. The Morgan fingerprint density at radius 2 is 1.90 bits per heavy atom. The minimum atomic E-state index is 0.571. The lowest BCUT2D eigenvalue weighted by molar-refractivity contribution is 0.690. The monoisotopic (exact) mass is 274 g/mol. The molecule has 0 saturated heterocycles. The zero-order valence-corrected chi connectivity index (χ0v) is 12.1. The highest BCUT2D eigenvalue weighted by Gasteiger charge is 2.20. The SMILES string of the molecule is CC1C=Cc2c(n(-c3ccccc3)c3cc(N)ccc23)C1. The van der Waals surface area contributed by atoms with Crippen molar-refractivity contribution in [2.75, 3.05) is 5.73 Å². The molecule has 4 rings (SSSR count). The van der Waals surface area contributed by atoms with E-state index in [1.54, 1.807) is 0 Å². The van der Waals surface area contributed by atoms with Crippen LogP contribution in [-0.4, -0.2) is 4.57 Å². The first-order valence-electron chi connectivity index (χ1n) is 7.40. The Kier molecular flexibility index (Phi) is 2.64. The molecule has 0 aliphatic heterocycles. The zero-order chi connectivity index (χ0) is 14.4. The third-order valence-electron chi connectivity index (χ3n) is 4.25. The minimum absolute atomic E-state index is 0.571. The molecule has 2 nitrogen and oxygen atoms in total. The normalized spacial score (nSPS) is 17.1. The van der Waals surface area contributed by atoms with Gasteiger partial charge in [-0.15, -0.1) is 0 Å². The summed E-state index contributed by atoms with van der Waals surface area (Å²) in [7, 11) is 0. The summed E-state index contributed by atoms with van der Waals surface area (Å²) in [4.78, 5) is 0. The van der Waals surface area contributed by atoms with E-state index in [1.807, 2.05) is 6.07 Å². The fraction of sp³-hybridized carbons (Fsp3) is 0.158. The molecule has 0 spiro atoms. The van der Waals surface area contributed by atoms with E-state index < -0.39 is 0 Å². The number of fused-ring (bicyclic) bond motifs is 3. The molecule has 21 heavy (non-hydrogen) atoms. The summed E-state index contributed by atoms with van der Waals surface area (Å²) < 4.78 is 2.36. The van der Waals surface area contributed by atoms with Gasteiger partial charge in [0.05, 0.1) is 5.52 Å². The van der Waals surface area contributed by atoms with Gasteiger partial charge in [-0.2, -0.15) is 0 Å². The second-order valence-electron chi connectivity index (χ2n) is 5.85. The van der Waals surface area contributed by atoms with E-state index in [1.165, 1.54) is 27.8 Å². The summed E-state index contributed by atoms with van der Waals surface area (Å²) in [6.45, 7) is 2.26. The van der Waals surface area contributed by atoms with Crippen LogP contribution < -0.4 is 5.73 Å². The van der Waals surface area contributed by atoms with Crippen molar-refractivity contribution >= 4 is 22.7 Å². The van der Waals surface area contributed by atoms with E-state index in [2.05, 4.69) is 66.1 Å². The molecule has 2 aromatic carbocycles. The maximum absolute atomic E-state index is 6.02. The molecule has 0 amide bonds. The van der Waals surface area contributed by atoms with Gasteiger partial charge in [0.25, 0.3) is 0 Å². The average molecular weight is 274 g/mol. The Hall–Kier alpha value is -2.48. The van der Waals surface area contributed by atoms with Gasteiger partial charge in [0.15, 0.2) is 0 Å². The van der Waals surface area contributed by atoms with Crippen molar-refractivity contribution in [1.29, 1.82) is 0 Å². The molecule has 0 saturated carbocycles. The van der Waals surface area contributed by atoms with Gasteiger partial charge in [0.2, 0.25) is 0 Å². The van der Waals surface area contributed by atoms with Crippen molar-refractivity contribution in [3.63, 3.8) is 0 Å². The standard InChI is InChI=1S/C19H18N2/c1-13-7-9-16-17-10-8-14(20)12-19(17)21(18(16)11-13)15-5-3-2-4-6-15/h2-10,12-13H,11,20H2,1H3. The predicted octanol–water partition coefficient (Wildman–Crippen LogP) is 4.42. The Labute approximate surface area is 124 Å². The molecule has 0 radical (unpaired) electrons. The Morgan fingerprint density at radius 1 is 1.10 bits per heavy atom. The summed E-state index contributed by atoms with van der Waals surface area (Å²) >= 11 is 0. The quantitative estimate of drug-likeness (QED) is 0.654. The fourth-order valence-electron chi connectivity index (χ4n) is 3.28. The van der Waals surface area contributed by atoms with Crippen LogP contribution in [-0.2, 0) is 6.42 Å². The van der Waals surface area contributed by atoms with E-state index in [0.717, 1.165) is 12.1 Å². The minimum Gasteiger partial charge on any atom is -0.399 e. The molecule has 0 bridgehead atoms. The molecular formula is C19H18N2. The molecule has 2 heteroatoms. The Morgan fingerprint density at radius 3 is 2.71 bits per heavy atom. The lowest BCUT2D eigenvalue weighted by Crippen LogP contribution is -2.08. The van der Waals surface area contributed by atoms with Crippen LogP contribution in [0, 0.1) is 5.92 Å². The number of aromatic nitrogens is 1. The molecule has 2 N–H and O–H groups in total. The zero-order valence-electron chi connectivity index (χ0n) is 12.1. The van der Waals surface area contributed by atoms with E-state index >= 15 is 0 Å². The van der Waals surface area contributed by atoms with Crippen LogP contribution in [0.15, 0.2) is 54.6 Å². The van der Waals surface area contributed by atoms with Crippen LogP contribution in [0.5, 0.6) is 0 Å². The van der Waals surface area contributed by atoms with Crippen molar-refractivity contribution in [2.45, 2.75) is 13.3 Å². The average Bonchev–Trinajstić information content (AvgIpc) is 2.80. The number of nitrogen functional groups attached to an aromatic ring is 1. The molecular weight excluding hydrogens is 256 g/mol. The summed E-state index contributed by atoms with van der Waals surface area (Å²) in [5.41, 5.74) is 12.0. The first-order chi connectivity index (χ1) is 10.2. The van der Waals surface area contributed by atoms with Gasteiger partial charge in [0.1, 0.15) is 0 Å². The van der Waals surface area contributed by atoms with Crippen molar-refractivity contribution in [3.05, 3.63) is 65.9 Å². The maximum atomic E-state index is 6.02. The first-order valence-corrected chi connectivity index (χ1v) is 7.40. The summed E-state index contributed by atoms with van der Waals surface area (Å²) in [5, 5.41) is 1.28. The van der Waals surface area contributed by atoms with Crippen molar-refractivity contribution in [1.82, 2.24) is 4.57 Å². The van der Waals surface area contributed by atoms with E-state index in [-0.39, 0.29) is 0 Å². The molecule has 1 atom stereocenters. The maximum Gasteiger partial charge on any atom is 0.0558 e. The highest BCUT2D eigenvalue weighted by atomic mass is 15.0. The van der Waals surface area contributed by atoms with Crippen LogP contribution in [0.2, 0.25) is 0 Å². The number of nitrogens with two attached hydrogens (primary N) is 1. The van der Waals surface area contributed by atoms with Gasteiger partial charge in [0, 0.05) is 28.0 Å². The van der Waals surface area contributed by atoms with Crippen LogP contribution in [0.25, 0.3) is 22.7 Å². The van der Waals surface area contributed by atoms with Crippen LogP contribution in [0.3, 0.4) is 0 Å². The van der Waals surface area contributed by atoms with E-state index in [0.29, 0.717) is 5.92 Å². The van der Waals surface area contributed by atoms with Crippen LogP contribution in [0.1, 0.15) is 18.2 Å². The highest BCUT2D eigenvalue weighted by molar-refractivity contribution is 5.95. The third-order valence-corrected chi connectivity index (χ3v) is 4.25. The second kappa shape index (κ2) is 4.52. The molecule has 104 valence electrons. The molecule has 1 aliphatic rings. The second-order valence-corrected chi connectivity index (χ2v) is 5.85.